The summed E-state index contributed by atoms with van der Waals surface area (Å²) in [4.78, 5) is 14.5. The molecule has 0 saturated carbocycles. The second-order valence-electron chi connectivity index (χ2n) is 6.98. The maximum Gasteiger partial charge on any atom is 0.327 e. The van der Waals surface area contributed by atoms with Crippen LogP contribution in [0, 0.1) is 11.8 Å². The summed E-state index contributed by atoms with van der Waals surface area (Å²) in [6.45, 7) is 13.6. The minimum Gasteiger partial charge on any atom is -0.468 e. The largest absolute Gasteiger partial charge is 0.468 e. The molecular formula is C16H32N2O2. The van der Waals surface area contributed by atoms with Crippen molar-refractivity contribution in [2.45, 2.75) is 59.0 Å². The van der Waals surface area contributed by atoms with E-state index in [1.165, 1.54) is 20.0 Å². The van der Waals surface area contributed by atoms with Crippen LogP contribution in [-0.2, 0) is 9.53 Å². The Bertz CT molecular complexity index is 310. The summed E-state index contributed by atoms with van der Waals surface area (Å²) in [5.74, 6) is 1.42. The zero-order valence-corrected chi connectivity index (χ0v) is 14.0. The number of carbonyl (C=O) groups is 1. The minimum atomic E-state index is -0.617. The zero-order chi connectivity index (χ0) is 15.3. The monoisotopic (exact) mass is 284 g/mol. The van der Waals surface area contributed by atoms with E-state index in [0.29, 0.717) is 0 Å². The van der Waals surface area contributed by atoms with Crippen molar-refractivity contribution < 1.29 is 9.53 Å². The quantitative estimate of drug-likeness (QED) is 0.760. The van der Waals surface area contributed by atoms with Crippen LogP contribution in [0.1, 0.15) is 47.5 Å². The van der Waals surface area contributed by atoms with E-state index in [2.05, 4.69) is 37.9 Å². The number of nitrogens with zero attached hydrogens (tertiary/aromatic N) is 1. The van der Waals surface area contributed by atoms with Crippen LogP contribution in [0.3, 0.4) is 0 Å². The second-order valence-corrected chi connectivity index (χ2v) is 6.98. The molecule has 118 valence electrons. The van der Waals surface area contributed by atoms with E-state index < -0.39 is 5.54 Å². The first-order valence-electron chi connectivity index (χ1n) is 7.87. The van der Waals surface area contributed by atoms with Gasteiger partial charge in [0.25, 0.3) is 0 Å². The summed E-state index contributed by atoms with van der Waals surface area (Å²) in [6, 6.07) is 0.257. The van der Waals surface area contributed by atoms with Crippen LogP contribution in [-0.4, -0.2) is 49.2 Å². The number of nitrogens with one attached hydrogen (secondary N) is 1. The molecule has 0 radical (unpaired) electrons. The maximum atomic E-state index is 12.1. The Labute approximate surface area is 124 Å². The van der Waals surface area contributed by atoms with Crippen molar-refractivity contribution in [2.24, 2.45) is 11.8 Å². The molecule has 1 aliphatic rings. The lowest BCUT2D eigenvalue weighted by atomic mass is 9.86. The lowest BCUT2D eigenvalue weighted by Gasteiger charge is -2.39. The molecule has 1 fully saturated rings. The van der Waals surface area contributed by atoms with E-state index in [0.717, 1.165) is 31.5 Å². The van der Waals surface area contributed by atoms with Crippen molar-refractivity contribution in [3.8, 4) is 0 Å². The molecule has 1 atom stereocenters. The Kier molecular flexibility index (Phi) is 6.46. The topological polar surface area (TPSA) is 41.6 Å². The first-order chi connectivity index (χ1) is 9.28. The molecule has 0 bridgehead atoms. The summed E-state index contributed by atoms with van der Waals surface area (Å²) < 4.78 is 4.99. The van der Waals surface area contributed by atoms with Gasteiger partial charge in [-0.25, -0.2) is 0 Å². The minimum absolute atomic E-state index is 0.169. The van der Waals surface area contributed by atoms with Crippen LogP contribution in [0.25, 0.3) is 0 Å². The molecule has 20 heavy (non-hydrogen) atoms. The van der Waals surface area contributed by atoms with Crippen LogP contribution in [0.15, 0.2) is 0 Å². The van der Waals surface area contributed by atoms with Crippen molar-refractivity contribution in [2.75, 3.05) is 26.7 Å². The number of hydrogen-bond acceptors (Lipinski definition) is 4. The van der Waals surface area contributed by atoms with Gasteiger partial charge in [-0.2, -0.15) is 0 Å². The Hall–Kier alpha value is -0.610. The molecule has 1 aliphatic heterocycles. The number of ether oxygens (including phenoxy) is 1. The zero-order valence-electron chi connectivity index (χ0n) is 14.0. The molecule has 1 unspecified atom stereocenters. The highest BCUT2D eigenvalue weighted by Crippen LogP contribution is 2.25. The third-order valence-electron chi connectivity index (χ3n) is 4.36. The fraction of sp³-hybridized carbons (Fsp3) is 0.938. The molecule has 1 saturated heterocycles. The summed E-state index contributed by atoms with van der Waals surface area (Å²) in [5.41, 5.74) is -0.617. The molecule has 0 amide bonds. The van der Waals surface area contributed by atoms with Gasteiger partial charge in [0.05, 0.1) is 7.11 Å². The van der Waals surface area contributed by atoms with Gasteiger partial charge in [0.15, 0.2) is 0 Å². The summed E-state index contributed by atoms with van der Waals surface area (Å²) in [6.07, 6.45) is 2.47. The lowest BCUT2D eigenvalue weighted by molar-refractivity contribution is -0.149. The van der Waals surface area contributed by atoms with Gasteiger partial charge in [-0.3, -0.25) is 10.1 Å². The molecule has 1 N–H and O–H groups in total. The van der Waals surface area contributed by atoms with Crippen molar-refractivity contribution in [3.05, 3.63) is 0 Å². The number of piperidine rings is 1. The van der Waals surface area contributed by atoms with Gasteiger partial charge in [0, 0.05) is 12.6 Å². The van der Waals surface area contributed by atoms with E-state index in [-0.39, 0.29) is 12.0 Å². The van der Waals surface area contributed by atoms with E-state index in [1.54, 1.807) is 0 Å². The highest BCUT2D eigenvalue weighted by Gasteiger charge is 2.37. The van der Waals surface area contributed by atoms with Crippen molar-refractivity contribution in [1.29, 1.82) is 0 Å². The fourth-order valence-electron chi connectivity index (χ4n) is 3.26. The number of carbonyl (C=O) groups excluding carboxylic acids is 1. The van der Waals surface area contributed by atoms with Crippen LogP contribution < -0.4 is 5.32 Å². The number of esters is 1. The molecule has 1 rings (SSSR count). The van der Waals surface area contributed by atoms with E-state index in [9.17, 15) is 4.79 Å². The van der Waals surface area contributed by atoms with Gasteiger partial charge in [-0.05, 0) is 58.5 Å². The van der Waals surface area contributed by atoms with Gasteiger partial charge in [0.2, 0.25) is 0 Å². The van der Waals surface area contributed by atoms with Gasteiger partial charge in [-0.15, -0.1) is 0 Å². The predicted molar refractivity (Wildman–Crippen MR) is 82.7 cm³/mol. The predicted octanol–water partition coefficient (Wildman–Crippen LogP) is 2.28. The number of rotatable bonds is 6. The fourth-order valence-corrected chi connectivity index (χ4v) is 3.26. The molecule has 4 nitrogen and oxygen atoms in total. The number of methoxy groups -OCH3 is 1. The highest BCUT2D eigenvalue weighted by atomic mass is 16.5. The van der Waals surface area contributed by atoms with Crippen molar-refractivity contribution >= 4 is 5.97 Å². The van der Waals surface area contributed by atoms with E-state index in [1.807, 2.05) is 6.92 Å². The van der Waals surface area contributed by atoms with Gasteiger partial charge >= 0.3 is 5.97 Å². The maximum absolute atomic E-state index is 12.1. The highest BCUT2D eigenvalue weighted by molar-refractivity contribution is 5.80. The molecule has 0 aromatic rings. The summed E-state index contributed by atoms with van der Waals surface area (Å²) in [5, 5.41) is 3.37. The second kappa shape index (κ2) is 7.41. The SMILES string of the molecule is COC(=O)C(C)(CN1CCC(C(C)C)CC1)NC(C)C. The molecular weight excluding hydrogens is 252 g/mol. The molecule has 0 aromatic heterocycles. The van der Waals surface area contributed by atoms with Crippen molar-refractivity contribution in [1.82, 2.24) is 10.2 Å². The smallest absolute Gasteiger partial charge is 0.327 e. The van der Waals surface area contributed by atoms with Crippen molar-refractivity contribution in [3.63, 3.8) is 0 Å². The Balaban J connectivity index is 2.61. The normalized spacial score (nSPS) is 21.2. The first kappa shape index (κ1) is 17.4. The van der Waals surface area contributed by atoms with Crippen LogP contribution in [0.4, 0.5) is 0 Å². The first-order valence-corrected chi connectivity index (χ1v) is 7.87. The Morgan fingerprint density at radius 3 is 2.25 bits per heavy atom. The molecule has 0 spiro atoms. The number of likely N-dealkylation sites (tertiary alicyclic amines) is 1. The molecule has 0 aromatic carbocycles. The molecule has 0 aliphatic carbocycles. The van der Waals surface area contributed by atoms with E-state index in [4.69, 9.17) is 4.74 Å². The summed E-state index contributed by atoms with van der Waals surface area (Å²) >= 11 is 0. The van der Waals surface area contributed by atoms with Gasteiger partial charge in [0.1, 0.15) is 5.54 Å². The van der Waals surface area contributed by atoms with Gasteiger partial charge < -0.3 is 9.64 Å². The lowest BCUT2D eigenvalue weighted by Crippen LogP contribution is -2.60. The van der Waals surface area contributed by atoms with Crippen LogP contribution >= 0.6 is 0 Å². The average Bonchev–Trinajstić information content (AvgIpc) is 2.37. The van der Waals surface area contributed by atoms with E-state index >= 15 is 0 Å². The Morgan fingerprint density at radius 1 is 1.30 bits per heavy atom. The third kappa shape index (κ3) is 4.74. The van der Waals surface area contributed by atoms with Crippen LogP contribution in [0.5, 0.6) is 0 Å². The molecule has 4 heteroatoms. The Morgan fingerprint density at radius 2 is 1.85 bits per heavy atom. The van der Waals surface area contributed by atoms with Gasteiger partial charge in [-0.1, -0.05) is 13.8 Å². The third-order valence-corrected chi connectivity index (χ3v) is 4.36. The average molecular weight is 284 g/mol. The van der Waals surface area contributed by atoms with Crippen LogP contribution in [0.2, 0.25) is 0 Å². The standard InChI is InChI=1S/C16H32N2O2/c1-12(2)14-7-9-18(10-8-14)11-16(5,15(19)20-6)17-13(3)4/h12-14,17H,7-11H2,1-6H3. The summed E-state index contributed by atoms with van der Waals surface area (Å²) in [7, 11) is 1.47. The molecule has 1 heterocycles. The number of hydrogen-bond donors (Lipinski definition) is 1.